The first-order chi connectivity index (χ1) is 13.3. The van der Waals surface area contributed by atoms with E-state index in [1.54, 1.807) is 18.4 Å². The summed E-state index contributed by atoms with van der Waals surface area (Å²) in [5, 5.41) is 13.9. The molecule has 2 fully saturated rings. The Kier molecular flexibility index (Phi) is 7.30. The van der Waals surface area contributed by atoms with Crippen molar-refractivity contribution in [2.75, 3.05) is 26.4 Å². The van der Waals surface area contributed by atoms with Crippen molar-refractivity contribution >= 4 is 33.2 Å². The lowest BCUT2D eigenvalue weighted by Gasteiger charge is -2.27. The lowest BCUT2D eigenvalue weighted by atomic mass is 10.0. The maximum atomic E-state index is 12.2. The summed E-state index contributed by atoms with van der Waals surface area (Å²) in [5.41, 5.74) is 1.26. The van der Waals surface area contributed by atoms with E-state index in [0.717, 1.165) is 13.1 Å². The highest BCUT2D eigenvalue weighted by Crippen LogP contribution is 2.38. The Morgan fingerprint density at radius 2 is 1.97 bits per heavy atom. The van der Waals surface area contributed by atoms with Crippen molar-refractivity contribution in [2.45, 2.75) is 31.2 Å². The third-order valence-corrected chi connectivity index (χ3v) is 6.83. The SMILES string of the molecule is CNC(=O)[C@H]1C[C@@H]2CN(Cc3ccsc3)C[C@@H]2N1S(C)(=O)=O.O=C(O)C(F)(F)F. The first kappa shape index (κ1) is 23.6. The molecule has 2 aliphatic heterocycles. The zero-order chi connectivity index (χ0) is 22.0. The minimum atomic E-state index is -5.08. The van der Waals surface area contributed by atoms with Gasteiger partial charge in [-0.3, -0.25) is 9.69 Å². The number of nitrogens with one attached hydrogen (secondary N) is 1. The van der Waals surface area contributed by atoms with Gasteiger partial charge in [0.15, 0.2) is 0 Å². The minimum absolute atomic E-state index is 0.0871. The van der Waals surface area contributed by atoms with Crippen LogP contribution in [0.2, 0.25) is 0 Å². The number of carbonyl (C=O) groups excluding carboxylic acids is 1. The Hall–Kier alpha value is -1.70. The second-order valence-corrected chi connectivity index (χ2v) is 9.58. The van der Waals surface area contributed by atoms with Crippen LogP contribution in [0.5, 0.6) is 0 Å². The summed E-state index contributed by atoms with van der Waals surface area (Å²) in [5.74, 6) is -2.73. The van der Waals surface area contributed by atoms with Gasteiger partial charge in [-0.25, -0.2) is 13.2 Å². The molecule has 3 heterocycles. The number of hydrogen-bond acceptors (Lipinski definition) is 6. The monoisotopic (exact) mass is 457 g/mol. The van der Waals surface area contributed by atoms with Crippen LogP contribution in [0.3, 0.4) is 0 Å². The van der Waals surface area contributed by atoms with Crippen LogP contribution in [-0.4, -0.2) is 79.3 Å². The summed E-state index contributed by atoms with van der Waals surface area (Å²) in [7, 11) is -1.84. The van der Waals surface area contributed by atoms with Crippen molar-refractivity contribution in [3.63, 3.8) is 0 Å². The Morgan fingerprint density at radius 3 is 2.41 bits per heavy atom. The lowest BCUT2D eigenvalue weighted by Crippen LogP contribution is -2.49. The zero-order valence-electron chi connectivity index (χ0n) is 15.7. The van der Waals surface area contributed by atoms with E-state index in [1.165, 1.54) is 16.1 Å². The molecule has 29 heavy (non-hydrogen) atoms. The van der Waals surface area contributed by atoms with Crippen molar-refractivity contribution in [2.24, 2.45) is 5.92 Å². The highest BCUT2D eigenvalue weighted by atomic mass is 32.2. The van der Waals surface area contributed by atoms with Crippen molar-refractivity contribution in [3.05, 3.63) is 22.4 Å². The molecule has 1 aromatic heterocycles. The summed E-state index contributed by atoms with van der Waals surface area (Å²) in [4.78, 5) is 23.2. The molecule has 3 rings (SSSR count). The van der Waals surface area contributed by atoms with Gasteiger partial charge < -0.3 is 10.4 Å². The van der Waals surface area contributed by atoms with E-state index in [1.807, 2.05) is 0 Å². The van der Waals surface area contributed by atoms with Crippen LogP contribution < -0.4 is 5.32 Å². The number of thiophene rings is 1. The molecule has 0 aliphatic carbocycles. The van der Waals surface area contributed by atoms with Crippen LogP contribution in [-0.2, 0) is 26.2 Å². The Labute approximate surface area is 170 Å². The van der Waals surface area contributed by atoms with Crippen molar-refractivity contribution < 1.29 is 36.3 Å². The largest absolute Gasteiger partial charge is 0.490 e. The normalized spacial score (nSPS) is 25.2. The molecule has 0 unspecified atom stereocenters. The van der Waals surface area contributed by atoms with E-state index in [-0.39, 0.29) is 17.9 Å². The summed E-state index contributed by atoms with van der Waals surface area (Å²) < 4.78 is 57.5. The van der Waals surface area contributed by atoms with Crippen LogP contribution in [0.1, 0.15) is 12.0 Å². The zero-order valence-corrected chi connectivity index (χ0v) is 17.4. The summed E-state index contributed by atoms with van der Waals surface area (Å²) in [6.07, 6.45) is -3.27. The molecular formula is C16H22F3N3O5S2. The van der Waals surface area contributed by atoms with Gasteiger partial charge in [0, 0.05) is 32.7 Å². The van der Waals surface area contributed by atoms with Gasteiger partial charge in [0.05, 0.1) is 6.26 Å². The third kappa shape index (κ3) is 5.90. The first-order valence-corrected chi connectivity index (χ1v) is 11.4. The standard InChI is InChI=1S/C14H21N3O3S2.C2HF3O2/c1-15-14(18)12-5-11-7-16(6-10-3-4-21-9-10)8-13(11)17(12)22(2,19)20;3-2(4,5)1(6)7/h3-4,9,11-13H,5-8H2,1-2H3,(H,15,18);(H,6,7)/t11-,12-,13+;/m1./s1. The number of rotatable bonds is 4. The summed E-state index contributed by atoms with van der Waals surface area (Å²) in [6.45, 7) is 2.39. The molecule has 3 atom stereocenters. The fourth-order valence-electron chi connectivity index (χ4n) is 3.72. The molecule has 13 heteroatoms. The van der Waals surface area contributed by atoms with E-state index in [4.69, 9.17) is 9.90 Å². The van der Waals surface area contributed by atoms with Crippen molar-refractivity contribution in [3.8, 4) is 0 Å². The minimum Gasteiger partial charge on any atom is -0.475 e. The molecule has 1 aromatic rings. The smallest absolute Gasteiger partial charge is 0.475 e. The number of likely N-dealkylation sites (tertiary alicyclic amines) is 1. The van der Waals surface area contributed by atoms with E-state index in [2.05, 4.69) is 27.0 Å². The number of fused-ring (bicyclic) bond motifs is 1. The van der Waals surface area contributed by atoms with Crippen LogP contribution in [0, 0.1) is 5.92 Å². The number of likely N-dealkylation sites (N-methyl/N-ethyl adjacent to an activating group) is 1. The molecule has 2 N–H and O–H groups in total. The molecule has 0 bridgehead atoms. The topological polar surface area (TPSA) is 107 Å². The average Bonchev–Trinajstić information content (AvgIpc) is 3.28. The van der Waals surface area contributed by atoms with Gasteiger partial charge >= 0.3 is 12.1 Å². The van der Waals surface area contributed by atoms with E-state index < -0.39 is 28.2 Å². The highest BCUT2D eigenvalue weighted by Gasteiger charge is 2.52. The van der Waals surface area contributed by atoms with Crippen LogP contribution >= 0.6 is 11.3 Å². The van der Waals surface area contributed by atoms with Crippen molar-refractivity contribution in [1.29, 1.82) is 0 Å². The Balaban J connectivity index is 0.000000370. The molecule has 2 aliphatic rings. The maximum Gasteiger partial charge on any atom is 0.490 e. The van der Waals surface area contributed by atoms with E-state index in [9.17, 15) is 26.4 Å². The summed E-state index contributed by atoms with van der Waals surface area (Å²) in [6, 6.07) is 1.45. The quantitative estimate of drug-likeness (QED) is 0.698. The Morgan fingerprint density at radius 1 is 1.34 bits per heavy atom. The first-order valence-electron chi connectivity index (χ1n) is 8.58. The predicted octanol–water partition coefficient (Wildman–Crippen LogP) is 0.962. The van der Waals surface area contributed by atoms with Crippen molar-refractivity contribution in [1.82, 2.24) is 14.5 Å². The number of hydrogen-bond donors (Lipinski definition) is 2. The number of halogens is 3. The van der Waals surface area contributed by atoms with Gasteiger partial charge in [0.1, 0.15) is 6.04 Å². The highest BCUT2D eigenvalue weighted by molar-refractivity contribution is 7.88. The number of carboxylic acids is 1. The second kappa shape index (κ2) is 8.98. The Bertz CT molecular complexity index is 829. The molecule has 1 amide bonds. The number of alkyl halides is 3. The second-order valence-electron chi connectivity index (χ2n) is 6.91. The van der Waals surface area contributed by atoms with Gasteiger partial charge in [-0.15, -0.1) is 0 Å². The molecule has 0 spiro atoms. The van der Waals surface area contributed by atoms with E-state index in [0.29, 0.717) is 13.0 Å². The average molecular weight is 457 g/mol. The number of amides is 1. The van der Waals surface area contributed by atoms with E-state index >= 15 is 0 Å². The number of carboxylic acid groups (broad SMARTS) is 1. The number of aliphatic carboxylic acids is 1. The molecule has 164 valence electrons. The lowest BCUT2D eigenvalue weighted by molar-refractivity contribution is -0.192. The molecule has 2 saturated heterocycles. The molecule has 0 radical (unpaired) electrons. The number of sulfonamides is 1. The van der Waals surface area contributed by atoms with Crippen LogP contribution in [0.15, 0.2) is 16.8 Å². The fourth-order valence-corrected chi connectivity index (χ4v) is 5.75. The van der Waals surface area contributed by atoms with Gasteiger partial charge in [0.2, 0.25) is 15.9 Å². The maximum absolute atomic E-state index is 12.2. The molecular weight excluding hydrogens is 435 g/mol. The predicted molar refractivity (Wildman–Crippen MR) is 99.7 cm³/mol. The fraction of sp³-hybridized carbons (Fsp3) is 0.625. The van der Waals surface area contributed by atoms with Gasteiger partial charge in [-0.05, 0) is 34.7 Å². The number of nitrogens with zero attached hydrogens (tertiary/aromatic N) is 2. The molecule has 0 aromatic carbocycles. The van der Waals surface area contributed by atoms with Crippen LogP contribution in [0.4, 0.5) is 13.2 Å². The number of carbonyl (C=O) groups is 2. The van der Waals surface area contributed by atoms with Gasteiger partial charge in [0.25, 0.3) is 0 Å². The molecule has 8 nitrogen and oxygen atoms in total. The third-order valence-electron chi connectivity index (χ3n) is 4.80. The molecule has 0 saturated carbocycles. The van der Waals surface area contributed by atoms with Gasteiger partial charge in [-0.1, -0.05) is 0 Å². The van der Waals surface area contributed by atoms with Crippen LogP contribution in [0.25, 0.3) is 0 Å². The van der Waals surface area contributed by atoms with Gasteiger partial charge in [-0.2, -0.15) is 28.8 Å². The summed E-state index contributed by atoms with van der Waals surface area (Å²) >= 11 is 1.67.